The molecule has 2 saturated heterocycles. The quantitative estimate of drug-likeness (QED) is 0.662. The van der Waals surface area contributed by atoms with Crippen LogP contribution in [0.3, 0.4) is 0 Å². The van der Waals surface area contributed by atoms with E-state index in [9.17, 15) is 18.0 Å². The molecule has 1 aromatic heterocycles. The maximum absolute atomic E-state index is 12.8. The van der Waals surface area contributed by atoms with Gasteiger partial charge in [0.2, 0.25) is 21.8 Å². The van der Waals surface area contributed by atoms with Gasteiger partial charge in [0.25, 0.3) is 0 Å². The van der Waals surface area contributed by atoms with Crippen LogP contribution in [0.25, 0.3) is 0 Å². The van der Waals surface area contributed by atoms with Gasteiger partial charge >= 0.3 is 0 Å². The van der Waals surface area contributed by atoms with Gasteiger partial charge in [0.05, 0.1) is 22.7 Å². The van der Waals surface area contributed by atoms with Gasteiger partial charge in [-0.15, -0.1) is 0 Å². The molecule has 1 unspecified atom stereocenters. The van der Waals surface area contributed by atoms with Crippen LogP contribution in [-0.4, -0.2) is 55.7 Å². The van der Waals surface area contributed by atoms with Crippen molar-refractivity contribution in [2.75, 3.05) is 36.4 Å². The molecule has 9 nitrogen and oxygen atoms in total. The highest BCUT2D eigenvalue weighted by molar-refractivity contribution is 7.89. The van der Waals surface area contributed by atoms with Crippen molar-refractivity contribution in [1.82, 2.24) is 9.29 Å². The first-order valence-electron chi connectivity index (χ1n) is 11.2. The van der Waals surface area contributed by atoms with Gasteiger partial charge in [-0.05, 0) is 49.9 Å². The molecule has 2 aliphatic rings. The number of nitrogens with one attached hydrogen (secondary N) is 1. The molecule has 2 aliphatic heterocycles. The number of rotatable bonds is 6. The Balaban J connectivity index is 1.31. The van der Waals surface area contributed by atoms with Gasteiger partial charge in [-0.25, -0.2) is 13.4 Å². The van der Waals surface area contributed by atoms with E-state index in [1.807, 2.05) is 11.0 Å². The molecule has 0 aliphatic carbocycles. The fraction of sp³-hybridized carbons (Fsp3) is 0.435. The minimum Gasteiger partial charge on any atom is -0.369 e. The fourth-order valence-electron chi connectivity index (χ4n) is 4.41. The van der Waals surface area contributed by atoms with Gasteiger partial charge in [-0.2, -0.15) is 4.31 Å². The minimum atomic E-state index is -3.54. The number of nitrogens with two attached hydrogens (primary N) is 1. The summed E-state index contributed by atoms with van der Waals surface area (Å²) in [7, 11) is -3.54. The summed E-state index contributed by atoms with van der Waals surface area (Å²) in [5.41, 5.74) is 6.04. The average Bonchev–Trinajstić information content (AvgIpc) is 2.85. The second-order valence-electron chi connectivity index (χ2n) is 8.57. The van der Waals surface area contributed by atoms with Crippen LogP contribution < -0.4 is 16.0 Å². The number of nitrogens with zero attached hydrogens (tertiary/aromatic N) is 3. The molecule has 0 spiro atoms. The SMILES string of the molecule is NC(=O)C1CCCN(c2ccc(NC(=O)C3CCN(S(=O)(=O)c4ccccc4)CC3)cn2)C1. The van der Waals surface area contributed by atoms with E-state index in [0.717, 1.165) is 25.2 Å². The number of piperidine rings is 2. The van der Waals surface area contributed by atoms with Crippen LogP contribution in [0.4, 0.5) is 11.5 Å². The second kappa shape index (κ2) is 9.88. The number of carbonyl (C=O) groups excluding carboxylic acids is 2. The summed E-state index contributed by atoms with van der Waals surface area (Å²) in [4.78, 5) is 31.0. The van der Waals surface area contributed by atoms with E-state index in [4.69, 9.17) is 5.73 Å². The van der Waals surface area contributed by atoms with Crippen LogP contribution in [-0.2, 0) is 19.6 Å². The van der Waals surface area contributed by atoms with Crippen LogP contribution in [0.2, 0.25) is 0 Å². The maximum Gasteiger partial charge on any atom is 0.243 e. The van der Waals surface area contributed by atoms with Crippen molar-refractivity contribution < 1.29 is 18.0 Å². The monoisotopic (exact) mass is 471 g/mol. The Hall–Kier alpha value is -2.98. The van der Waals surface area contributed by atoms with Crippen molar-refractivity contribution in [3.05, 3.63) is 48.7 Å². The smallest absolute Gasteiger partial charge is 0.243 e. The molecule has 176 valence electrons. The Morgan fingerprint density at radius 3 is 2.33 bits per heavy atom. The summed E-state index contributed by atoms with van der Waals surface area (Å²) in [6.07, 6.45) is 4.21. The van der Waals surface area contributed by atoms with Crippen LogP contribution in [0.15, 0.2) is 53.6 Å². The third-order valence-corrected chi connectivity index (χ3v) is 8.28. The van der Waals surface area contributed by atoms with Gasteiger partial charge in [0.15, 0.2) is 0 Å². The van der Waals surface area contributed by atoms with Gasteiger partial charge in [-0.3, -0.25) is 9.59 Å². The lowest BCUT2D eigenvalue weighted by Crippen LogP contribution is -2.41. The summed E-state index contributed by atoms with van der Waals surface area (Å²) in [6.45, 7) is 1.98. The summed E-state index contributed by atoms with van der Waals surface area (Å²) in [5, 5.41) is 2.89. The predicted octanol–water partition coefficient (Wildman–Crippen LogP) is 1.82. The lowest BCUT2D eigenvalue weighted by Gasteiger charge is -2.32. The highest BCUT2D eigenvalue weighted by Crippen LogP contribution is 2.26. The molecule has 10 heteroatoms. The molecule has 0 saturated carbocycles. The summed E-state index contributed by atoms with van der Waals surface area (Å²) >= 11 is 0. The van der Waals surface area contributed by atoms with Crippen LogP contribution in [0, 0.1) is 11.8 Å². The van der Waals surface area contributed by atoms with Gasteiger partial charge in [0, 0.05) is 32.1 Å². The summed E-state index contributed by atoms with van der Waals surface area (Å²) in [5.74, 6) is -0.0977. The Morgan fingerprint density at radius 1 is 0.970 bits per heavy atom. The Labute approximate surface area is 194 Å². The lowest BCUT2D eigenvalue weighted by atomic mass is 9.97. The van der Waals surface area contributed by atoms with E-state index < -0.39 is 10.0 Å². The number of anilines is 2. The molecule has 2 aromatic rings. The first-order valence-corrected chi connectivity index (χ1v) is 12.6. The second-order valence-corrected chi connectivity index (χ2v) is 10.5. The van der Waals surface area contributed by atoms with E-state index in [0.29, 0.717) is 38.2 Å². The van der Waals surface area contributed by atoms with Gasteiger partial charge < -0.3 is 16.0 Å². The maximum atomic E-state index is 12.8. The number of amides is 2. The van der Waals surface area contributed by atoms with Crippen molar-refractivity contribution in [1.29, 1.82) is 0 Å². The van der Waals surface area contributed by atoms with Crippen molar-refractivity contribution in [2.45, 2.75) is 30.6 Å². The van der Waals surface area contributed by atoms with E-state index >= 15 is 0 Å². The highest BCUT2D eigenvalue weighted by Gasteiger charge is 2.32. The van der Waals surface area contributed by atoms with Crippen molar-refractivity contribution in [2.24, 2.45) is 17.6 Å². The largest absolute Gasteiger partial charge is 0.369 e. The van der Waals surface area contributed by atoms with Crippen LogP contribution in [0.5, 0.6) is 0 Å². The molecule has 0 radical (unpaired) electrons. The van der Waals surface area contributed by atoms with Crippen LogP contribution >= 0.6 is 0 Å². The summed E-state index contributed by atoms with van der Waals surface area (Å²) < 4.78 is 27.0. The third-order valence-electron chi connectivity index (χ3n) is 6.37. The molecule has 2 fully saturated rings. The van der Waals surface area contributed by atoms with Crippen molar-refractivity contribution in [3.63, 3.8) is 0 Å². The van der Waals surface area contributed by atoms with Crippen LogP contribution in [0.1, 0.15) is 25.7 Å². The zero-order chi connectivity index (χ0) is 23.4. The fourth-order valence-corrected chi connectivity index (χ4v) is 5.90. The molecule has 2 amide bonds. The molecular formula is C23H29N5O4S. The average molecular weight is 472 g/mol. The molecule has 3 heterocycles. The number of pyridine rings is 1. The van der Waals surface area contributed by atoms with Gasteiger partial charge in [0.1, 0.15) is 5.82 Å². The first kappa shape index (κ1) is 23.2. The number of hydrogen-bond donors (Lipinski definition) is 2. The molecule has 1 aromatic carbocycles. The number of carbonyl (C=O) groups is 2. The molecule has 4 rings (SSSR count). The van der Waals surface area contributed by atoms with Crippen molar-refractivity contribution >= 4 is 33.3 Å². The Kier molecular flexibility index (Phi) is 6.94. The zero-order valence-electron chi connectivity index (χ0n) is 18.4. The van der Waals surface area contributed by atoms with E-state index in [1.54, 1.807) is 42.6 Å². The molecule has 3 N–H and O–H groups in total. The molecule has 0 bridgehead atoms. The zero-order valence-corrected chi connectivity index (χ0v) is 19.2. The highest BCUT2D eigenvalue weighted by atomic mass is 32.2. The topological polar surface area (TPSA) is 126 Å². The van der Waals surface area contributed by atoms with Gasteiger partial charge in [-0.1, -0.05) is 18.2 Å². The Morgan fingerprint density at radius 2 is 1.70 bits per heavy atom. The van der Waals surface area contributed by atoms with E-state index in [-0.39, 0.29) is 28.5 Å². The standard InChI is InChI=1S/C23H29N5O4S/c24-22(29)18-5-4-12-27(16-18)21-9-8-19(15-25-21)26-23(30)17-10-13-28(14-11-17)33(31,32)20-6-2-1-3-7-20/h1-3,6-9,15,17-18H,4-5,10-14,16H2,(H2,24,29)(H,26,30). The third kappa shape index (κ3) is 5.33. The number of primary amides is 1. The normalized spacial score (nSPS) is 20.4. The number of aromatic nitrogens is 1. The molecular weight excluding hydrogens is 442 g/mol. The molecule has 1 atom stereocenters. The van der Waals surface area contributed by atoms with E-state index in [1.165, 1.54) is 4.31 Å². The number of hydrogen-bond acceptors (Lipinski definition) is 6. The lowest BCUT2D eigenvalue weighted by molar-refractivity contribution is -0.122. The van der Waals surface area contributed by atoms with Crippen molar-refractivity contribution in [3.8, 4) is 0 Å². The molecule has 33 heavy (non-hydrogen) atoms. The minimum absolute atomic E-state index is 0.131. The number of benzene rings is 1. The van der Waals surface area contributed by atoms with E-state index in [2.05, 4.69) is 10.3 Å². The predicted molar refractivity (Wildman–Crippen MR) is 125 cm³/mol. The summed E-state index contributed by atoms with van der Waals surface area (Å²) in [6, 6.07) is 12.0. The number of sulfonamides is 1. The first-order chi connectivity index (χ1) is 15.8. The Bertz CT molecular complexity index is 1080.